The minimum atomic E-state index is -4.29. The summed E-state index contributed by atoms with van der Waals surface area (Å²) in [5, 5.41) is 9.33. The van der Waals surface area contributed by atoms with E-state index in [1.807, 2.05) is 18.5 Å². The number of hydrogen-bond donors (Lipinski definition) is 0. The lowest BCUT2D eigenvalue weighted by Gasteiger charge is -2.17. The van der Waals surface area contributed by atoms with Gasteiger partial charge in [-0.1, -0.05) is 30.0 Å². The van der Waals surface area contributed by atoms with Crippen LogP contribution in [0.15, 0.2) is 40.2 Å². The van der Waals surface area contributed by atoms with Gasteiger partial charge in [0.15, 0.2) is 17.3 Å². The van der Waals surface area contributed by atoms with Crippen molar-refractivity contribution in [2.45, 2.75) is 43.4 Å². The number of oxazole rings is 1. The molecule has 1 saturated heterocycles. The van der Waals surface area contributed by atoms with Gasteiger partial charge in [0.1, 0.15) is 0 Å². The Kier molecular flexibility index (Phi) is 7.04. The summed E-state index contributed by atoms with van der Waals surface area (Å²) in [6, 6.07) is 6.08. The Labute approximate surface area is 206 Å². The van der Waals surface area contributed by atoms with E-state index in [1.54, 1.807) is 23.9 Å². The molecular weight excluding hydrogens is 487 g/mol. The smallest absolute Gasteiger partial charge is 0.416 e. The van der Waals surface area contributed by atoms with Crippen molar-refractivity contribution in [3.63, 3.8) is 0 Å². The van der Waals surface area contributed by atoms with E-state index in [0.29, 0.717) is 17.1 Å². The highest BCUT2D eigenvalue weighted by Crippen LogP contribution is 2.65. The molecule has 2 fully saturated rings. The average Bonchev–Trinajstić information content (AvgIpc) is 3.05. The first kappa shape index (κ1) is 25.1. The number of rotatable bonds is 7. The van der Waals surface area contributed by atoms with E-state index in [-0.39, 0.29) is 23.7 Å². The molecule has 2 atom stereocenters. The van der Waals surface area contributed by atoms with Gasteiger partial charge in [-0.05, 0) is 62.2 Å². The van der Waals surface area contributed by atoms with Gasteiger partial charge in [0, 0.05) is 19.3 Å². The molecule has 184 valence electrons. The van der Waals surface area contributed by atoms with Crippen LogP contribution in [0.5, 0.6) is 0 Å². The standard InChI is InChI=1S/C23H26F3N5OS.ClH/c1-15-19(32-14-27-15)20-28-29-21(30(20)2)33-11-5-9-31-10-8-22(13-31)12-18(22)16-6-3-4-7-17(16)23(24,25)26;/h3-4,6-7,14,18H,5,8-13H2,1-2H3;1H. The zero-order chi connectivity index (χ0) is 23.2. The van der Waals surface area contributed by atoms with Crippen LogP contribution in [0.4, 0.5) is 13.2 Å². The van der Waals surface area contributed by atoms with Crippen LogP contribution in [-0.4, -0.2) is 50.0 Å². The zero-order valence-corrected chi connectivity index (χ0v) is 20.6. The van der Waals surface area contributed by atoms with Crippen molar-refractivity contribution in [2.75, 3.05) is 25.4 Å². The second-order valence-electron chi connectivity index (χ2n) is 9.06. The summed E-state index contributed by atoms with van der Waals surface area (Å²) in [5.41, 5.74) is 0.802. The summed E-state index contributed by atoms with van der Waals surface area (Å²) in [6.07, 6.45) is -0.0781. The summed E-state index contributed by atoms with van der Waals surface area (Å²) in [5.74, 6) is 2.20. The molecule has 1 aliphatic heterocycles. The number of alkyl halides is 3. The number of halogens is 4. The quantitative estimate of drug-likeness (QED) is 0.303. The Morgan fingerprint density at radius 1 is 1.24 bits per heavy atom. The van der Waals surface area contributed by atoms with Gasteiger partial charge in [-0.25, -0.2) is 4.98 Å². The van der Waals surface area contributed by atoms with Crippen molar-refractivity contribution in [3.8, 4) is 11.6 Å². The van der Waals surface area contributed by atoms with E-state index >= 15 is 0 Å². The molecule has 3 heterocycles. The predicted molar refractivity (Wildman–Crippen MR) is 126 cm³/mol. The number of nitrogens with zero attached hydrogens (tertiary/aromatic N) is 5. The van der Waals surface area contributed by atoms with Crippen LogP contribution in [0, 0.1) is 12.3 Å². The summed E-state index contributed by atoms with van der Waals surface area (Å²) < 4.78 is 47.6. The number of likely N-dealkylation sites (tertiary alicyclic amines) is 1. The Balaban J connectivity index is 0.00000274. The molecule has 34 heavy (non-hydrogen) atoms. The molecule has 0 bridgehead atoms. The Bertz CT molecular complexity index is 1150. The molecule has 0 amide bonds. The molecule has 1 aromatic carbocycles. The lowest BCUT2D eigenvalue weighted by Crippen LogP contribution is -2.23. The summed E-state index contributed by atoms with van der Waals surface area (Å²) in [4.78, 5) is 6.50. The highest BCUT2D eigenvalue weighted by atomic mass is 35.5. The molecule has 0 radical (unpaired) electrons. The summed E-state index contributed by atoms with van der Waals surface area (Å²) in [6.45, 7) is 4.64. The van der Waals surface area contributed by atoms with Gasteiger partial charge in [0.25, 0.3) is 0 Å². The van der Waals surface area contributed by atoms with Crippen molar-refractivity contribution in [2.24, 2.45) is 12.5 Å². The molecule has 1 aliphatic carbocycles. The van der Waals surface area contributed by atoms with Crippen LogP contribution < -0.4 is 0 Å². The van der Waals surface area contributed by atoms with Crippen molar-refractivity contribution in [1.82, 2.24) is 24.6 Å². The maximum Gasteiger partial charge on any atom is 0.416 e. The number of hydrogen-bond acceptors (Lipinski definition) is 6. The van der Waals surface area contributed by atoms with E-state index in [1.165, 1.54) is 18.5 Å². The molecule has 1 saturated carbocycles. The second-order valence-corrected chi connectivity index (χ2v) is 10.1. The van der Waals surface area contributed by atoms with E-state index in [0.717, 1.165) is 55.5 Å². The van der Waals surface area contributed by atoms with E-state index in [4.69, 9.17) is 4.42 Å². The Morgan fingerprint density at radius 3 is 2.76 bits per heavy atom. The monoisotopic (exact) mass is 513 g/mol. The molecule has 6 nitrogen and oxygen atoms in total. The van der Waals surface area contributed by atoms with Gasteiger partial charge in [-0.15, -0.1) is 22.6 Å². The highest BCUT2D eigenvalue weighted by Gasteiger charge is 2.59. The minimum absolute atomic E-state index is 0. The normalized spacial score (nSPS) is 22.3. The van der Waals surface area contributed by atoms with Crippen LogP contribution in [0.3, 0.4) is 0 Å². The topological polar surface area (TPSA) is 60.0 Å². The number of benzene rings is 1. The average molecular weight is 514 g/mol. The fraction of sp³-hybridized carbons (Fsp3) is 0.522. The molecule has 3 aromatic rings. The van der Waals surface area contributed by atoms with Crippen LogP contribution in [0.1, 0.15) is 42.0 Å². The maximum atomic E-state index is 13.4. The summed E-state index contributed by atoms with van der Waals surface area (Å²) >= 11 is 1.65. The van der Waals surface area contributed by atoms with Crippen LogP contribution >= 0.6 is 24.2 Å². The van der Waals surface area contributed by atoms with Crippen LogP contribution in [0.2, 0.25) is 0 Å². The fourth-order valence-electron chi connectivity index (χ4n) is 5.08. The first-order chi connectivity index (χ1) is 15.8. The third-order valence-corrected chi connectivity index (χ3v) is 8.04. The fourth-order valence-corrected chi connectivity index (χ4v) is 5.91. The maximum absolute atomic E-state index is 13.4. The van der Waals surface area contributed by atoms with Gasteiger partial charge in [-0.3, -0.25) is 0 Å². The molecule has 11 heteroatoms. The van der Waals surface area contributed by atoms with Crippen LogP contribution in [-0.2, 0) is 13.2 Å². The van der Waals surface area contributed by atoms with Crippen molar-refractivity contribution in [3.05, 3.63) is 47.5 Å². The largest absolute Gasteiger partial charge is 0.440 e. The Hall–Kier alpha value is -2.04. The minimum Gasteiger partial charge on any atom is -0.440 e. The first-order valence-corrected chi connectivity index (χ1v) is 12.1. The molecule has 1 spiro atoms. The van der Waals surface area contributed by atoms with Gasteiger partial charge < -0.3 is 13.9 Å². The number of thioether (sulfide) groups is 1. The van der Waals surface area contributed by atoms with Crippen LogP contribution in [0.25, 0.3) is 11.6 Å². The van der Waals surface area contributed by atoms with E-state index in [9.17, 15) is 13.2 Å². The van der Waals surface area contributed by atoms with Gasteiger partial charge in [-0.2, -0.15) is 13.2 Å². The first-order valence-electron chi connectivity index (χ1n) is 11.1. The third-order valence-electron chi connectivity index (χ3n) is 6.93. The van der Waals surface area contributed by atoms with Crippen molar-refractivity contribution < 1.29 is 17.6 Å². The molecule has 2 aromatic heterocycles. The highest BCUT2D eigenvalue weighted by molar-refractivity contribution is 7.99. The lowest BCUT2D eigenvalue weighted by molar-refractivity contribution is -0.138. The number of aromatic nitrogens is 4. The van der Waals surface area contributed by atoms with Gasteiger partial charge >= 0.3 is 6.18 Å². The molecule has 5 rings (SSSR count). The third kappa shape index (κ3) is 4.72. The Morgan fingerprint density at radius 2 is 2.03 bits per heavy atom. The van der Waals surface area contributed by atoms with Crippen molar-refractivity contribution in [1.29, 1.82) is 0 Å². The predicted octanol–water partition coefficient (Wildman–Crippen LogP) is 5.58. The number of aryl methyl sites for hydroxylation is 1. The molecule has 2 unspecified atom stereocenters. The molecule has 0 N–H and O–H groups in total. The lowest BCUT2D eigenvalue weighted by atomic mass is 9.95. The van der Waals surface area contributed by atoms with E-state index in [2.05, 4.69) is 20.1 Å². The zero-order valence-electron chi connectivity index (χ0n) is 19.0. The van der Waals surface area contributed by atoms with Gasteiger partial charge in [0.2, 0.25) is 5.82 Å². The van der Waals surface area contributed by atoms with Crippen molar-refractivity contribution >= 4 is 24.2 Å². The second kappa shape index (κ2) is 9.54. The molecule has 2 aliphatic rings. The van der Waals surface area contributed by atoms with E-state index < -0.39 is 11.7 Å². The summed E-state index contributed by atoms with van der Waals surface area (Å²) in [7, 11) is 1.91. The molecular formula is C23H27ClF3N5OS. The SMILES string of the molecule is Cc1ncoc1-c1nnc(SCCCN2CCC3(CC3c3ccccc3C(F)(F)F)C2)n1C.Cl. The van der Waals surface area contributed by atoms with Gasteiger partial charge in [0.05, 0.1) is 11.3 Å².